The average Bonchev–Trinajstić information content (AvgIpc) is 3.35. The summed E-state index contributed by atoms with van der Waals surface area (Å²) in [6, 6.07) is 6.67. The largest absolute Gasteiger partial charge is 0.490 e. The zero-order valence-electron chi connectivity index (χ0n) is 16.2. The lowest BCUT2D eigenvalue weighted by Crippen LogP contribution is -2.47. The number of likely N-dealkylation sites (tertiary alicyclic amines) is 1. The van der Waals surface area contributed by atoms with Crippen molar-refractivity contribution in [3.05, 3.63) is 28.8 Å². The van der Waals surface area contributed by atoms with Crippen LogP contribution in [-0.2, 0) is 4.79 Å². The predicted molar refractivity (Wildman–Crippen MR) is 105 cm³/mol. The van der Waals surface area contributed by atoms with Gasteiger partial charge in [-0.05, 0) is 43.9 Å². The third-order valence-corrected chi connectivity index (χ3v) is 5.54. The summed E-state index contributed by atoms with van der Waals surface area (Å²) in [6.45, 7) is 1.04. The van der Waals surface area contributed by atoms with Crippen LogP contribution in [0.5, 0.6) is 5.75 Å². The second kappa shape index (κ2) is 8.80. The van der Waals surface area contributed by atoms with E-state index in [1.165, 1.54) is 4.90 Å². The fourth-order valence-corrected chi connectivity index (χ4v) is 3.94. The van der Waals surface area contributed by atoms with Crippen molar-refractivity contribution in [2.45, 2.75) is 43.8 Å². The molecule has 1 aromatic carbocycles. The summed E-state index contributed by atoms with van der Waals surface area (Å²) in [4.78, 5) is 27.8. The highest BCUT2D eigenvalue weighted by atomic mass is 35.5. The normalized spacial score (nSPS) is 24.1. The maximum absolute atomic E-state index is 12.7. The summed E-state index contributed by atoms with van der Waals surface area (Å²) in [5.74, 6) is 0.401. The van der Waals surface area contributed by atoms with Gasteiger partial charge >= 0.3 is 0 Å². The minimum atomic E-state index is -0.299. The van der Waals surface area contributed by atoms with Crippen molar-refractivity contribution in [1.82, 2.24) is 15.1 Å². The monoisotopic (exact) mass is 404 g/mol. The Morgan fingerprint density at radius 1 is 1.36 bits per heavy atom. The van der Waals surface area contributed by atoms with Gasteiger partial charge < -0.3 is 14.5 Å². The van der Waals surface area contributed by atoms with Crippen molar-refractivity contribution >= 4 is 23.4 Å². The number of hydrogen-bond donors (Lipinski definition) is 1. The Balaban J connectivity index is 1.53. The highest BCUT2D eigenvalue weighted by Crippen LogP contribution is 2.27. The van der Waals surface area contributed by atoms with E-state index in [-0.39, 0.29) is 29.9 Å². The number of nitriles is 1. The first kappa shape index (κ1) is 20.4. The van der Waals surface area contributed by atoms with Crippen LogP contribution in [-0.4, -0.2) is 67.0 Å². The van der Waals surface area contributed by atoms with Crippen LogP contribution in [0, 0.1) is 11.3 Å². The summed E-state index contributed by atoms with van der Waals surface area (Å²) in [6.07, 6.45) is 3.18. The minimum absolute atomic E-state index is 0.0103. The third kappa shape index (κ3) is 4.40. The maximum Gasteiger partial charge on any atom is 0.253 e. The van der Waals surface area contributed by atoms with Crippen LogP contribution < -0.4 is 10.1 Å². The van der Waals surface area contributed by atoms with E-state index in [4.69, 9.17) is 16.3 Å². The molecule has 2 amide bonds. The number of rotatable bonds is 5. The van der Waals surface area contributed by atoms with Gasteiger partial charge in [-0.2, -0.15) is 5.26 Å². The van der Waals surface area contributed by atoms with E-state index in [0.717, 1.165) is 25.7 Å². The molecule has 28 heavy (non-hydrogen) atoms. The van der Waals surface area contributed by atoms with Crippen molar-refractivity contribution in [3.8, 4) is 11.8 Å². The van der Waals surface area contributed by atoms with Crippen molar-refractivity contribution in [3.63, 3.8) is 0 Å². The first-order valence-electron chi connectivity index (χ1n) is 9.51. The zero-order valence-corrected chi connectivity index (χ0v) is 16.9. The van der Waals surface area contributed by atoms with Gasteiger partial charge in [-0.15, -0.1) is 0 Å². The highest BCUT2D eigenvalue weighted by Gasteiger charge is 2.37. The van der Waals surface area contributed by atoms with Crippen molar-refractivity contribution < 1.29 is 14.3 Å². The van der Waals surface area contributed by atoms with E-state index in [2.05, 4.69) is 11.4 Å². The van der Waals surface area contributed by atoms with Crippen LogP contribution in [0.15, 0.2) is 18.2 Å². The lowest BCUT2D eigenvalue weighted by Gasteiger charge is -2.24. The van der Waals surface area contributed by atoms with E-state index in [0.29, 0.717) is 29.5 Å². The summed E-state index contributed by atoms with van der Waals surface area (Å²) in [5.41, 5.74) is 0.504. The standard InChI is InChI=1S/C20H25ClN4O3/c1-24(2)19(26)13-5-8-18(16(21)10-13)28-12-14-6-7-17(23-14)20(27)25-9-3-4-15(25)11-22/h5,8,10,14-15,17,23H,3-4,6-7,9,12H2,1-2H3/t14-,15+,17+/m1/s1. The number of nitrogens with one attached hydrogen (secondary N) is 1. The Kier molecular flexibility index (Phi) is 6.42. The summed E-state index contributed by atoms with van der Waals surface area (Å²) < 4.78 is 5.82. The minimum Gasteiger partial charge on any atom is -0.490 e. The van der Waals surface area contributed by atoms with Crippen LogP contribution in [0.2, 0.25) is 5.02 Å². The topological polar surface area (TPSA) is 85.7 Å². The number of benzene rings is 1. The molecule has 0 unspecified atom stereocenters. The molecule has 0 aliphatic carbocycles. The lowest BCUT2D eigenvalue weighted by molar-refractivity contribution is -0.133. The molecule has 150 valence electrons. The Hall–Kier alpha value is -2.30. The van der Waals surface area contributed by atoms with Crippen molar-refractivity contribution in [2.75, 3.05) is 27.2 Å². The molecule has 3 rings (SSSR count). The number of ether oxygens (including phenoxy) is 1. The van der Waals surface area contributed by atoms with Crippen molar-refractivity contribution in [1.29, 1.82) is 5.26 Å². The van der Waals surface area contributed by atoms with Crippen LogP contribution in [0.3, 0.4) is 0 Å². The number of carbonyl (C=O) groups is 2. The molecule has 2 aliphatic heterocycles. The molecule has 7 nitrogen and oxygen atoms in total. The van der Waals surface area contributed by atoms with E-state index in [9.17, 15) is 14.9 Å². The second-order valence-corrected chi connectivity index (χ2v) is 7.88. The summed E-state index contributed by atoms with van der Waals surface area (Å²) in [5, 5.41) is 12.9. The van der Waals surface area contributed by atoms with Crippen LogP contribution in [0.1, 0.15) is 36.0 Å². The van der Waals surface area contributed by atoms with Crippen LogP contribution in [0.25, 0.3) is 0 Å². The molecule has 2 fully saturated rings. The van der Waals surface area contributed by atoms with Gasteiger partial charge in [0.25, 0.3) is 5.91 Å². The van der Waals surface area contributed by atoms with E-state index >= 15 is 0 Å². The van der Waals surface area contributed by atoms with Crippen LogP contribution in [0.4, 0.5) is 0 Å². The quantitative estimate of drug-likeness (QED) is 0.811. The first-order valence-corrected chi connectivity index (χ1v) is 9.88. The molecular weight excluding hydrogens is 380 g/mol. The molecular formula is C20H25ClN4O3. The number of hydrogen-bond acceptors (Lipinski definition) is 5. The van der Waals surface area contributed by atoms with E-state index in [1.807, 2.05) is 0 Å². The molecule has 8 heteroatoms. The Labute approximate surface area is 170 Å². The third-order valence-electron chi connectivity index (χ3n) is 5.25. The molecule has 2 heterocycles. The molecule has 0 bridgehead atoms. The molecule has 1 N–H and O–H groups in total. The van der Waals surface area contributed by atoms with Gasteiger partial charge in [0.05, 0.1) is 17.1 Å². The van der Waals surface area contributed by atoms with E-state index in [1.54, 1.807) is 37.2 Å². The molecule has 0 spiro atoms. The molecule has 0 saturated carbocycles. The molecule has 2 aliphatic rings. The Bertz CT molecular complexity index is 792. The molecule has 0 aromatic heterocycles. The Morgan fingerprint density at radius 3 is 2.82 bits per heavy atom. The number of nitrogens with zero attached hydrogens (tertiary/aromatic N) is 3. The van der Waals surface area contributed by atoms with Gasteiger partial charge in [-0.3, -0.25) is 14.9 Å². The molecule has 0 radical (unpaired) electrons. The molecule has 1 aromatic rings. The predicted octanol–water partition coefficient (Wildman–Crippen LogP) is 2.06. The SMILES string of the molecule is CN(C)C(=O)c1ccc(OC[C@H]2CC[C@@H](C(=O)N3CCC[C@H]3C#N)N2)c(Cl)c1. The van der Waals surface area contributed by atoms with Crippen molar-refractivity contribution in [2.24, 2.45) is 0 Å². The average molecular weight is 405 g/mol. The van der Waals surface area contributed by atoms with Gasteiger partial charge in [-0.25, -0.2) is 0 Å². The smallest absolute Gasteiger partial charge is 0.253 e. The summed E-state index contributed by atoms with van der Waals surface area (Å²) >= 11 is 6.25. The zero-order chi connectivity index (χ0) is 20.3. The fourth-order valence-electron chi connectivity index (χ4n) is 3.71. The van der Waals surface area contributed by atoms with Gasteiger partial charge in [0.15, 0.2) is 0 Å². The maximum atomic E-state index is 12.7. The van der Waals surface area contributed by atoms with Gasteiger partial charge in [0.1, 0.15) is 18.4 Å². The second-order valence-electron chi connectivity index (χ2n) is 7.47. The van der Waals surface area contributed by atoms with E-state index < -0.39 is 0 Å². The van der Waals surface area contributed by atoms with Gasteiger partial charge in [0, 0.05) is 32.2 Å². The Morgan fingerprint density at radius 2 is 2.14 bits per heavy atom. The first-order chi connectivity index (χ1) is 13.4. The highest BCUT2D eigenvalue weighted by molar-refractivity contribution is 6.32. The van der Waals surface area contributed by atoms with Gasteiger partial charge in [0.2, 0.25) is 5.91 Å². The summed E-state index contributed by atoms with van der Waals surface area (Å²) in [7, 11) is 3.37. The molecule has 2 saturated heterocycles. The number of halogens is 1. The van der Waals surface area contributed by atoms with Crippen LogP contribution >= 0.6 is 11.6 Å². The number of amides is 2. The van der Waals surface area contributed by atoms with Gasteiger partial charge in [-0.1, -0.05) is 11.6 Å². The number of carbonyl (C=O) groups excluding carboxylic acids is 2. The lowest BCUT2D eigenvalue weighted by atomic mass is 10.1. The molecule has 3 atom stereocenters. The fraction of sp³-hybridized carbons (Fsp3) is 0.550.